The molecule has 0 saturated carbocycles. The van der Waals surface area contributed by atoms with Crippen LogP contribution in [0.2, 0.25) is 0 Å². The fourth-order valence-electron chi connectivity index (χ4n) is 2.99. The zero-order valence-corrected chi connectivity index (χ0v) is 13.6. The van der Waals surface area contributed by atoms with E-state index < -0.39 is 0 Å². The minimum atomic E-state index is 0.693. The Kier molecular flexibility index (Phi) is 7.04. The molecule has 1 atom stereocenters. The molecule has 1 aromatic rings. The zero-order valence-electron chi connectivity index (χ0n) is 13.6. The van der Waals surface area contributed by atoms with Crippen LogP contribution in [-0.4, -0.2) is 43.7 Å². The maximum atomic E-state index is 5.79. The van der Waals surface area contributed by atoms with Crippen molar-refractivity contribution in [2.45, 2.75) is 39.2 Å². The summed E-state index contributed by atoms with van der Waals surface area (Å²) < 4.78 is 5.79. The monoisotopic (exact) mass is 290 g/mol. The smallest absolute Gasteiger partial charge is 0.119 e. The number of ether oxygens (including phenoxy) is 1. The van der Waals surface area contributed by atoms with Crippen molar-refractivity contribution in [1.82, 2.24) is 10.2 Å². The molecule has 3 heteroatoms. The van der Waals surface area contributed by atoms with E-state index in [4.69, 9.17) is 4.74 Å². The van der Waals surface area contributed by atoms with Crippen LogP contribution in [0.15, 0.2) is 30.3 Å². The second-order valence-corrected chi connectivity index (χ2v) is 6.46. The maximum absolute atomic E-state index is 5.79. The highest BCUT2D eigenvalue weighted by Gasteiger charge is 2.18. The van der Waals surface area contributed by atoms with Crippen LogP contribution in [0.5, 0.6) is 5.75 Å². The van der Waals surface area contributed by atoms with Gasteiger partial charge in [-0.15, -0.1) is 0 Å². The lowest BCUT2D eigenvalue weighted by Gasteiger charge is -2.27. The largest absolute Gasteiger partial charge is 0.494 e. The third kappa shape index (κ3) is 6.49. The molecular formula is C18H30N2O. The van der Waals surface area contributed by atoms with Crippen LogP contribution in [-0.2, 0) is 0 Å². The van der Waals surface area contributed by atoms with Crippen molar-refractivity contribution in [2.24, 2.45) is 5.92 Å². The Hall–Kier alpha value is -1.06. The van der Waals surface area contributed by atoms with Crippen molar-refractivity contribution in [3.8, 4) is 5.75 Å². The molecule has 1 aliphatic rings. The average Bonchev–Trinajstić information content (AvgIpc) is 2.97. The number of para-hydroxylation sites is 1. The van der Waals surface area contributed by atoms with Crippen molar-refractivity contribution < 1.29 is 4.74 Å². The van der Waals surface area contributed by atoms with Gasteiger partial charge in [-0.05, 0) is 43.9 Å². The van der Waals surface area contributed by atoms with Crippen molar-refractivity contribution in [2.75, 3.05) is 32.8 Å². The molecule has 0 aliphatic carbocycles. The number of benzene rings is 1. The van der Waals surface area contributed by atoms with E-state index in [1.165, 1.54) is 32.5 Å². The highest BCUT2D eigenvalue weighted by Crippen LogP contribution is 2.11. The highest BCUT2D eigenvalue weighted by molar-refractivity contribution is 5.20. The topological polar surface area (TPSA) is 24.5 Å². The molecule has 0 amide bonds. The lowest BCUT2D eigenvalue weighted by atomic mass is 10.1. The van der Waals surface area contributed by atoms with Gasteiger partial charge in [-0.2, -0.15) is 0 Å². The van der Waals surface area contributed by atoms with Crippen LogP contribution in [0.1, 0.15) is 33.1 Å². The number of rotatable bonds is 9. The van der Waals surface area contributed by atoms with E-state index in [9.17, 15) is 0 Å². The van der Waals surface area contributed by atoms with Crippen LogP contribution in [0.25, 0.3) is 0 Å². The van der Waals surface area contributed by atoms with Crippen LogP contribution < -0.4 is 10.1 Å². The van der Waals surface area contributed by atoms with Gasteiger partial charge in [0.25, 0.3) is 0 Å². The lowest BCUT2D eigenvalue weighted by Crippen LogP contribution is -2.40. The molecule has 2 rings (SSSR count). The molecule has 1 heterocycles. The van der Waals surface area contributed by atoms with Gasteiger partial charge in [0, 0.05) is 25.7 Å². The Morgan fingerprint density at radius 2 is 2.10 bits per heavy atom. The van der Waals surface area contributed by atoms with Crippen LogP contribution in [0.4, 0.5) is 0 Å². The summed E-state index contributed by atoms with van der Waals surface area (Å²) in [6.07, 6.45) is 3.75. The Morgan fingerprint density at radius 1 is 1.29 bits per heavy atom. The third-order valence-electron chi connectivity index (χ3n) is 3.89. The molecule has 1 saturated heterocycles. The first-order valence-electron chi connectivity index (χ1n) is 8.37. The SMILES string of the molecule is CC(C)CN(CCCOc1ccccc1)CC1CCCN1. The first kappa shape index (κ1) is 16.3. The summed E-state index contributed by atoms with van der Waals surface area (Å²) in [6.45, 7) is 10.1. The number of hydrogen-bond acceptors (Lipinski definition) is 3. The average molecular weight is 290 g/mol. The third-order valence-corrected chi connectivity index (χ3v) is 3.89. The van der Waals surface area contributed by atoms with Crippen LogP contribution >= 0.6 is 0 Å². The minimum absolute atomic E-state index is 0.693. The summed E-state index contributed by atoms with van der Waals surface area (Å²) in [7, 11) is 0. The molecular weight excluding hydrogens is 260 g/mol. The zero-order chi connectivity index (χ0) is 14.9. The van der Waals surface area contributed by atoms with E-state index in [0.29, 0.717) is 6.04 Å². The van der Waals surface area contributed by atoms with Crippen molar-refractivity contribution in [3.63, 3.8) is 0 Å². The molecule has 1 unspecified atom stereocenters. The van der Waals surface area contributed by atoms with Gasteiger partial charge in [0.1, 0.15) is 5.75 Å². The van der Waals surface area contributed by atoms with Gasteiger partial charge in [-0.1, -0.05) is 32.0 Å². The molecule has 3 nitrogen and oxygen atoms in total. The molecule has 1 aromatic carbocycles. The molecule has 118 valence electrons. The quantitative estimate of drug-likeness (QED) is 0.707. The van der Waals surface area contributed by atoms with Gasteiger partial charge in [-0.25, -0.2) is 0 Å². The molecule has 1 aliphatic heterocycles. The molecule has 1 N–H and O–H groups in total. The van der Waals surface area contributed by atoms with Gasteiger partial charge in [0.15, 0.2) is 0 Å². The minimum Gasteiger partial charge on any atom is -0.494 e. The first-order chi connectivity index (χ1) is 10.2. The van der Waals surface area contributed by atoms with E-state index in [1.807, 2.05) is 30.3 Å². The Bertz CT molecular complexity index is 374. The summed E-state index contributed by atoms with van der Waals surface area (Å²) in [5, 5.41) is 3.60. The fourth-order valence-corrected chi connectivity index (χ4v) is 2.99. The van der Waals surface area contributed by atoms with Crippen LogP contribution in [0.3, 0.4) is 0 Å². The Morgan fingerprint density at radius 3 is 2.76 bits per heavy atom. The molecule has 0 bridgehead atoms. The fraction of sp³-hybridized carbons (Fsp3) is 0.667. The summed E-state index contributed by atoms with van der Waals surface area (Å²) in [5.74, 6) is 1.70. The van der Waals surface area contributed by atoms with Gasteiger partial charge in [0.2, 0.25) is 0 Å². The van der Waals surface area contributed by atoms with E-state index in [0.717, 1.165) is 31.2 Å². The lowest BCUT2D eigenvalue weighted by molar-refractivity contribution is 0.201. The van der Waals surface area contributed by atoms with E-state index in [2.05, 4.69) is 24.1 Å². The summed E-state index contributed by atoms with van der Waals surface area (Å²) in [5.41, 5.74) is 0. The highest BCUT2D eigenvalue weighted by atomic mass is 16.5. The first-order valence-corrected chi connectivity index (χ1v) is 8.37. The summed E-state index contributed by atoms with van der Waals surface area (Å²) >= 11 is 0. The van der Waals surface area contributed by atoms with Crippen molar-refractivity contribution in [3.05, 3.63) is 30.3 Å². The Labute approximate surface area is 129 Å². The normalized spacial score (nSPS) is 18.6. The predicted octanol–water partition coefficient (Wildman–Crippen LogP) is 3.17. The van der Waals surface area contributed by atoms with Gasteiger partial charge >= 0.3 is 0 Å². The van der Waals surface area contributed by atoms with Crippen molar-refractivity contribution in [1.29, 1.82) is 0 Å². The molecule has 0 radical (unpaired) electrons. The second-order valence-electron chi connectivity index (χ2n) is 6.46. The number of hydrogen-bond donors (Lipinski definition) is 1. The summed E-state index contributed by atoms with van der Waals surface area (Å²) in [6, 6.07) is 10.8. The van der Waals surface area contributed by atoms with Gasteiger partial charge < -0.3 is 15.0 Å². The molecule has 0 aromatic heterocycles. The predicted molar refractivity (Wildman–Crippen MR) is 88.9 cm³/mol. The molecule has 1 fully saturated rings. The number of nitrogens with one attached hydrogen (secondary N) is 1. The van der Waals surface area contributed by atoms with Crippen LogP contribution in [0, 0.1) is 5.92 Å². The van der Waals surface area contributed by atoms with E-state index >= 15 is 0 Å². The number of nitrogens with zero attached hydrogens (tertiary/aromatic N) is 1. The van der Waals surface area contributed by atoms with Gasteiger partial charge in [0.05, 0.1) is 6.61 Å². The van der Waals surface area contributed by atoms with Crippen molar-refractivity contribution >= 4 is 0 Å². The standard InChI is InChI=1S/C18H30N2O/c1-16(2)14-20(15-17-8-6-11-19-17)12-7-13-21-18-9-4-3-5-10-18/h3-5,9-10,16-17,19H,6-8,11-15H2,1-2H3. The maximum Gasteiger partial charge on any atom is 0.119 e. The van der Waals surface area contributed by atoms with E-state index in [1.54, 1.807) is 0 Å². The second kappa shape index (κ2) is 9.06. The van der Waals surface area contributed by atoms with E-state index in [-0.39, 0.29) is 0 Å². The van der Waals surface area contributed by atoms with Gasteiger partial charge in [-0.3, -0.25) is 0 Å². The molecule has 21 heavy (non-hydrogen) atoms. The molecule has 0 spiro atoms. The Balaban J connectivity index is 1.68. The summed E-state index contributed by atoms with van der Waals surface area (Å²) in [4.78, 5) is 2.60.